The number of alkyl halides is 5. The molecule has 0 bridgehead atoms. The molecule has 0 atom stereocenters. The van der Waals surface area contributed by atoms with Crippen molar-refractivity contribution in [3.05, 3.63) is 41.5 Å². The number of amides is 1. The molecule has 32 heavy (non-hydrogen) atoms. The minimum absolute atomic E-state index is 0.0682. The zero-order valence-electron chi connectivity index (χ0n) is 16.9. The fourth-order valence-electron chi connectivity index (χ4n) is 4.11. The van der Waals surface area contributed by atoms with Gasteiger partial charge in [-0.2, -0.15) is 13.2 Å². The molecule has 2 fully saturated rings. The smallest absolute Gasteiger partial charge is 0.416 e. The van der Waals surface area contributed by atoms with Crippen molar-refractivity contribution >= 4 is 11.9 Å². The lowest BCUT2D eigenvalue weighted by atomic mass is 9.79. The van der Waals surface area contributed by atoms with Crippen LogP contribution >= 0.6 is 0 Å². The van der Waals surface area contributed by atoms with E-state index in [4.69, 9.17) is 4.74 Å². The highest BCUT2D eigenvalue weighted by molar-refractivity contribution is 5.70. The van der Waals surface area contributed by atoms with Crippen LogP contribution in [0.15, 0.2) is 30.3 Å². The van der Waals surface area contributed by atoms with E-state index in [0.29, 0.717) is 30.9 Å². The Hall–Kier alpha value is -2.98. The number of benzene rings is 1. The third kappa shape index (κ3) is 4.91. The number of rotatable bonds is 5. The standard InChI is InChI=1S/C21H21F5N4O2/c22-18(23)14-7-13(8-15(9-14)21(24,25)26)16-1-2-17(30-29-16)27-10-12-3-5-20(6-4-12)11-28-19(31)32-20/h1-2,7-9,12,18H,3-6,10-11H2,(H,27,30)(H,28,31). The molecule has 1 aromatic heterocycles. The summed E-state index contributed by atoms with van der Waals surface area (Å²) in [5.41, 5.74) is -2.30. The van der Waals surface area contributed by atoms with Gasteiger partial charge < -0.3 is 15.4 Å². The Balaban J connectivity index is 1.39. The van der Waals surface area contributed by atoms with Crippen molar-refractivity contribution in [3.63, 3.8) is 0 Å². The summed E-state index contributed by atoms with van der Waals surface area (Å²) >= 11 is 0. The molecule has 1 aliphatic heterocycles. The van der Waals surface area contributed by atoms with Crippen LogP contribution < -0.4 is 10.6 Å². The number of aromatic nitrogens is 2. The van der Waals surface area contributed by atoms with Gasteiger partial charge in [0.15, 0.2) is 0 Å². The number of carbonyl (C=O) groups is 1. The van der Waals surface area contributed by atoms with Crippen LogP contribution in [0.25, 0.3) is 11.3 Å². The summed E-state index contributed by atoms with van der Waals surface area (Å²) in [5.74, 6) is 0.780. The molecular formula is C21H21F5N4O2. The monoisotopic (exact) mass is 456 g/mol. The second-order valence-corrected chi connectivity index (χ2v) is 8.20. The van der Waals surface area contributed by atoms with E-state index in [1.807, 2.05) is 0 Å². The summed E-state index contributed by atoms with van der Waals surface area (Å²) in [6, 6.07) is 5.21. The zero-order valence-corrected chi connectivity index (χ0v) is 16.9. The Kier molecular flexibility index (Phi) is 5.91. The van der Waals surface area contributed by atoms with E-state index >= 15 is 0 Å². The van der Waals surface area contributed by atoms with Crippen LogP contribution in [0.2, 0.25) is 0 Å². The van der Waals surface area contributed by atoms with Gasteiger partial charge in [-0.3, -0.25) is 0 Å². The molecule has 11 heteroatoms. The fraction of sp³-hybridized carbons (Fsp3) is 0.476. The molecule has 1 aromatic carbocycles. The predicted octanol–water partition coefficient (Wildman–Crippen LogP) is 5.18. The molecule has 1 spiro atoms. The molecule has 0 radical (unpaired) electrons. The quantitative estimate of drug-likeness (QED) is 0.607. The SMILES string of the molecule is O=C1NCC2(CCC(CNc3ccc(-c4cc(C(F)F)cc(C(F)(F)F)c4)nn3)CC2)O1. The Bertz CT molecular complexity index is 973. The van der Waals surface area contributed by atoms with Crippen LogP contribution in [-0.4, -0.2) is 35.0 Å². The Morgan fingerprint density at radius 1 is 1.16 bits per heavy atom. The third-order valence-electron chi connectivity index (χ3n) is 5.95. The maximum Gasteiger partial charge on any atom is 0.416 e. The molecule has 2 aromatic rings. The van der Waals surface area contributed by atoms with Crippen LogP contribution in [-0.2, 0) is 10.9 Å². The molecule has 1 aliphatic carbocycles. The number of nitrogens with zero attached hydrogens (tertiary/aromatic N) is 2. The molecule has 2 heterocycles. The number of hydrogen-bond acceptors (Lipinski definition) is 5. The lowest BCUT2D eigenvalue weighted by Crippen LogP contribution is -2.39. The van der Waals surface area contributed by atoms with Crippen molar-refractivity contribution in [2.75, 3.05) is 18.4 Å². The Morgan fingerprint density at radius 2 is 1.91 bits per heavy atom. The molecule has 2 aliphatic rings. The Morgan fingerprint density at radius 3 is 2.47 bits per heavy atom. The third-order valence-corrected chi connectivity index (χ3v) is 5.95. The lowest BCUT2D eigenvalue weighted by Gasteiger charge is -2.34. The molecule has 1 saturated heterocycles. The summed E-state index contributed by atoms with van der Waals surface area (Å²) in [7, 11) is 0. The number of alkyl carbamates (subject to hydrolysis) is 1. The molecular weight excluding hydrogens is 435 g/mol. The summed E-state index contributed by atoms with van der Waals surface area (Å²) in [4.78, 5) is 11.3. The zero-order chi connectivity index (χ0) is 22.9. The normalized spacial score (nSPS) is 23.3. The van der Waals surface area contributed by atoms with E-state index in [2.05, 4.69) is 20.8 Å². The highest BCUT2D eigenvalue weighted by Crippen LogP contribution is 2.37. The first-order valence-electron chi connectivity index (χ1n) is 10.2. The molecule has 6 nitrogen and oxygen atoms in total. The summed E-state index contributed by atoms with van der Waals surface area (Å²) in [5, 5.41) is 13.7. The average molecular weight is 456 g/mol. The summed E-state index contributed by atoms with van der Waals surface area (Å²) in [6.07, 6.45) is -4.89. The lowest BCUT2D eigenvalue weighted by molar-refractivity contribution is -0.137. The van der Waals surface area contributed by atoms with Crippen molar-refractivity contribution < 1.29 is 31.5 Å². The van der Waals surface area contributed by atoms with E-state index in [1.54, 1.807) is 6.07 Å². The van der Waals surface area contributed by atoms with E-state index in [9.17, 15) is 26.7 Å². The molecule has 2 N–H and O–H groups in total. The summed E-state index contributed by atoms with van der Waals surface area (Å²) in [6.45, 7) is 1.15. The van der Waals surface area contributed by atoms with Crippen LogP contribution in [0.1, 0.15) is 43.2 Å². The van der Waals surface area contributed by atoms with E-state index in [1.165, 1.54) is 6.07 Å². The van der Waals surface area contributed by atoms with Crippen LogP contribution in [0, 0.1) is 5.92 Å². The van der Waals surface area contributed by atoms with Crippen LogP contribution in [0.3, 0.4) is 0 Å². The average Bonchev–Trinajstić information content (AvgIpc) is 3.13. The van der Waals surface area contributed by atoms with Crippen molar-refractivity contribution in [2.45, 2.75) is 43.9 Å². The van der Waals surface area contributed by atoms with Crippen molar-refractivity contribution in [3.8, 4) is 11.3 Å². The van der Waals surface area contributed by atoms with Crippen molar-refractivity contribution in [1.82, 2.24) is 15.5 Å². The van der Waals surface area contributed by atoms with E-state index in [-0.39, 0.29) is 17.4 Å². The maximum atomic E-state index is 13.1. The van der Waals surface area contributed by atoms with Crippen molar-refractivity contribution in [1.29, 1.82) is 0 Å². The van der Waals surface area contributed by atoms with Gasteiger partial charge in [0.25, 0.3) is 6.43 Å². The molecule has 4 rings (SSSR count). The van der Waals surface area contributed by atoms with Gasteiger partial charge in [-0.1, -0.05) is 0 Å². The number of halogens is 5. The number of carbonyl (C=O) groups excluding carboxylic acids is 1. The maximum absolute atomic E-state index is 13.1. The van der Waals surface area contributed by atoms with Gasteiger partial charge in [0.05, 0.1) is 17.8 Å². The van der Waals surface area contributed by atoms with Crippen LogP contribution in [0.4, 0.5) is 32.6 Å². The van der Waals surface area contributed by atoms with Gasteiger partial charge in [-0.15, -0.1) is 10.2 Å². The minimum Gasteiger partial charge on any atom is -0.441 e. The number of hydrogen-bond donors (Lipinski definition) is 2. The largest absolute Gasteiger partial charge is 0.441 e. The molecule has 1 amide bonds. The van der Waals surface area contributed by atoms with Gasteiger partial charge in [-0.25, -0.2) is 13.6 Å². The first kappa shape index (κ1) is 22.2. The van der Waals surface area contributed by atoms with E-state index in [0.717, 1.165) is 37.8 Å². The first-order chi connectivity index (χ1) is 15.1. The molecule has 172 valence electrons. The Labute approximate surface area is 180 Å². The van der Waals surface area contributed by atoms with E-state index < -0.39 is 29.3 Å². The summed E-state index contributed by atoms with van der Waals surface area (Å²) < 4.78 is 70.7. The van der Waals surface area contributed by atoms with Gasteiger partial charge >= 0.3 is 12.3 Å². The van der Waals surface area contributed by atoms with Crippen molar-refractivity contribution in [2.24, 2.45) is 5.92 Å². The number of nitrogens with one attached hydrogen (secondary N) is 2. The highest BCUT2D eigenvalue weighted by atomic mass is 19.4. The predicted molar refractivity (Wildman–Crippen MR) is 105 cm³/mol. The number of anilines is 1. The van der Waals surface area contributed by atoms with Gasteiger partial charge in [0.2, 0.25) is 0 Å². The second kappa shape index (κ2) is 8.51. The number of ether oxygens (including phenoxy) is 1. The molecule has 1 saturated carbocycles. The topological polar surface area (TPSA) is 76.1 Å². The van der Waals surface area contributed by atoms with Gasteiger partial charge in [-0.05, 0) is 61.9 Å². The van der Waals surface area contributed by atoms with Gasteiger partial charge in [0.1, 0.15) is 11.4 Å². The molecule has 0 unspecified atom stereocenters. The van der Waals surface area contributed by atoms with Gasteiger partial charge in [0, 0.05) is 17.7 Å². The highest BCUT2D eigenvalue weighted by Gasteiger charge is 2.43. The fourth-order valence-corrected chi connectivity index (χ4v) is 4.11. The second-order valence-electron chi connectivity index (χ2n) is 8.20. The minimum atomic E-state index is -4.75. The first-order valence-corrected chi connectivity index (χ1v) is 10.2. The van der Waals surface area contributed by atoms with Crippen LogP contribution in [0.5, 0.6) is 0 Å².